The fourth-order valence-electron chi connectivity index (χ4n) is 1.96. The van der Waals surface area contributed by atoms with Crippen LogP contribution in [-0.4, -0.2) is 25.2 Å². The van der Waals surface area contributed by atoms with Crippen LogP contribution in [0.4, 0.5) is 5.69 Å². The predicted molar refractivity (Wildman–Crippen MR) is 84.7 cm³/mol. The number of pyridine rings is 1. The molecule has 1 N–H and O–H groups in total. The largest absolute Gasteiger partial charge is 0.329 e. The van der Waals surface area contributed by atoms with Crippen molar-refractivity contribution in [2.24, 2.45) is 7.05 Å². The highest BCUT2D eigenvalue weighted by Gasteiger charge is 2.16. The Bertz CT molecular complexity index is 809. The lowest BCUT2D eigenvalue weighted by Gasteiger charge is -2.07. The van der Waals surface area contributed by atoms with Crippen LogP contribution in [0.2, 0.25) is 10.2 Å². The van der Waals surface area contributed by atoms with E-state index >= 15 is 0 Å². The molecule has 0 aliphatic carbocycles. The number of halogens is 2. The third-order valence-corrected chi connectivity index (χ3v) is 3.94. The summed E-state index contributed by atoms with van der Waals surface area (Å²) in [7, 11) is 1.67. The molecule has 0 saturated heterocycles. The van der Waals surface area contributed by atoms with Crippen LogP contribution in [0.15, 0.2) is 42.9 Å². The van der Waals surface area contributed by atoms with Crippen molar-refractivity contribution in [2.75, 3.05) is 5.32 Å². The topological polar surface area (TPSA) is 64.7 Å². The summed E-state index contributed by atoms with van der Waals surface area (Å²) in [5.74, 6) is 0.345. The molecule has 1 amide bonds. The van der Waals surface area contributed by atoms with E-state index in [1.165, 1.54) is 10.6 Å². The lowest BCUT2D eigenvalue weighted by atomic mass is 10.3. The van der Waals surface area contributed by atoms with Crippen molar-refractivity contribution in [1.29, 1.82) is 0 Å². The molecule has 8 heteroatoms. The minimum atomic E-state index is -0.315. The summed E-state index contributed by atoms with van der Waals surface area (Å²) in [6, 6.07) is 6.83. The smallest absolute Gasteiger partial charge is 0.272 e. The van der Waals surface area contributed by atoms with Gasteiger partial charge >= 0.3 is 0 Å². The van der Waals surface area contributed by atoms with Crippen molar-refractivity contribution < 1.29 is 4.79 Å². The molecule has 3 aromatic rings. The van der Waals surface area contributed by atoms with E-state index in [2.05, 4.69) is 15.4 Å². The van der Waals surface area contributed by atoms with Gasteiger partial charge in [-0.1, -0.05) is 23.2 Å². The van der Waals surface area contributed by atoms with Crippen molar-refractivity contribution in [1.82, 2.24) is 19.3 Å². The highest BCUT2D eigenvalue weighted by molar-refractivity contribution is 6.42. The molecular weight excluding hydrogens is 325 g/mol. The van der Waals surface area contributed by atoms with Gasteiger partial charge in [-0.25, -0.2) is 9.67 Å². The van der Waals surface area contributed by atoms with Crippen LogP contribution in [0.25, 0.3) is 5.82 Å². The highest BCUT2D eigenvalue weighted by Crippen LogP contribution is 2.25. The van der Waals surface area contributed by atoms with E-state index in [4.69, 9.17) is 23.2 Å². The number of rotatable bonds is 3. The molecule has 0 atom stereocenters. The molecule has 0 bridgehead atoms. The summed E-state index contributed by atoms with van der Waals surface area (Å²) in [5.41, 5.74) is 0.931. The van der Waals surface area contributed by atoms with Crippen LogP contribution in [0.5, 0.6) is 0 Å². The number of carbonyl (C=O) groups excluding carboxylic acids is 1. The Morgan fingerprint density at radius 2 is 2.14 bits per heavy atom. The molecule has 0 saturated carbocycles. The van der Waals surface area contributed by atoms with Crippen LogP contribution in [0.3, 0.4) is 0 Å². The Hall–Kier alpha value is -2.31. The van der Waals surface area contributed by atoms with Gasteiger partial charge in [0.2, 0.25) is 0 Å². The Kier molecular flexibility index (Phi) is 3.87. The molecule has 0 fully saturated rings. The van der Waals surface area contributed by atoms with Crippen molar-refractivity contribution in [3.05, 3.63) is 58.7 Å². The molecule has 0 aromatic carbocycles. The van der Waals surface area contributed by atoms with E-state index in [9.17, 15) is 4.79 Å². The van der Waals surface area contributed by atoms with E-state index in [-0.39, 0.29) is 5.91 Å². The first-order valence-electron chi connectivity index (χ1n) is 6.34. The number of carbonyl (C=O) groups is 1. The maximum absolute atomic E-state index is 12.2. The Labute approximate surface area is 136 Å². The molecule has 3 aromatic heterocycles. The summed E-state index contributed by atoms with van der Waals surface area (Å²) in [4.78, 5) is 16.5. The van der Waals surface area contributed by atoms with Gasteiger partial charge in [0.25, 0.3) is 5.91 Å². The quantitative estimate of drug-likeness (QED) is 0.799. The van der Waals surface area contributed by atoms with E-state index in [1.807, 2.05) is 0 Å². The molecule has 22 heavy (non-hydrogen) atoms. The van der Waals surface area contributed by atoms with Crippen molar-refractivity contribution in [3.63, 3.8) is 0 Å². The van der Waals surface area contributed by atoms with Gasteiger partial charge in [0, 0.05) is 19.4 Å². The fraction of sp³-hybridized carbons (Fsp3) is 0.0714. The molecule has 0 aliphatic rings. The zero-order valence-corrected chi connectivity index (χ0v) is 13.0. The van der Waals surface area contributed by atoms with Gasteiger partial charge in [-0.2, -0.15) is 5.10 Å². The molecule has 0 spiro atoms. The molecule has 3 heterocycles. The van der Waals surface area contributed by atoms with Crippen molar-refractivity contribution >= 4 is 34.8 Å². The van der Waals surface area contributed by atoms with Crippen LogP contribution in [0.1, 0.15) is 10.5 Å². The first-order valence-corrected chi connectivity index (χ1v) is 7.10. The van der Waals surface area contributed by atoms with E-state index in [0.717, 1.165) is 0 Å². The highest BCUT2D eigenvalue weighted by atomic mass is 35.5. The van der Waals surface area contributed by atoms with Crippen molar-refractivity contribution in [3.8, 4) is 5.82 Å². The number of aromatic nitrogens is 4. The third-order valence-electron chi connectivity index (χ3n) is 3.09. The van der Waals surface area contributed by atoms with Gasteiger partial charge in [0.05, 0.1) is 16.9 Å². The summed E-state index contributed by atoms with van der Waals surface area (Å²) in [5, 5.41) is 7.48. The van der Waals surface area contributed by atoms with Crippen LogP contribution >= 0.6 is 23.2 Å². The average Bonchev–Trinajstić information content (AvgIpc) is 3.13. The summed E-state index contributed by atoms with van der Waals surface area (Å²) >= 11 is 11.9. The SMILES string of the molecule is Cn1c(C(=O)Nc2ccc(-n3cccn3)nc2)cc(Cl)c1Cl. The molecule has 0 radical (unpaired) electrons. The number of nitrogens with one attached hydrogen (secondary N) is 1. The number of hydrogen-bond acceptors (Lipinski definition) is 3. The molecule has 6 nitrogen and oxygen atoms in total. The van der Waals surface area contributed by atoms with Crippen LogP contribution < -0.4 is 5.32 Å². The molecule has 0 unspecified atom stereocenters. The second-order valence-electron chi connectivity index (χ2n) is 4.54. The summed E-state index contributed by atoms with van der Waals surface area (Å²) in [6.07, 6.45) is 5.01. The zero-order chi connectivity index (χ0) is 15.7. The first-order chi connectivity index (χ1) is 10.6. The maximum atomic E-state index is 12.2. The van der Waals surface area contributed by atoms with E-state index in [0.29, 0.717) is 27.4 Å². The second-order valence-corrected chi connectivity index (χ2v) is 5.30. The van der Waals surface area contributed by atoms with Gasteiger partial charge < -0.3 is 9.88 Å². The average molecular weight is 336 g/mol. The Morgan fingerprint density at radius 3 is 2.68 bits per heavy atom. The number of amides is 1. The second kappa shape index (κ2) is 5.82. The Morgan fingerprint density at radius 1 is 1.32 bits per heavy atom. The number of anilines is 1. The molecule has 112 valence electrons. The number of nitrogens with zero attached hydrogens (tertiary/aromatic N) is 4. The van der Waals surface area contributed by atoms with Crippen LogP contribution in [0, 0.1) is 0 Å². The third kappa shape index (κ3) is 2.70. The normalized spacial score (nSPS) is 10.7. The zero-order valence-electron chi connectivity index (χ0n) is 11.5. The molecule has 3 rings (SSSR count). The lowest BCUT2D eigenvalue weighted by molar-refractivity contribution is 0.101. The molecular formula is C14H11Cl2N5O. The van der Waals surface area contributed by atoms with Gasteiger partial charge in [-0.15, -0.1) is 0 Å². The van der Waals surface area contributed by atoms with Crippen molar-refractivity contribution in [2.45, 2.75) is 0 Å². The monoisotopic (exact) mass is 335 g/mol. The lowest BCUT2D eigenvalue weighted by Crippen LogP contribution is -2.15. The standard InChI is InChI=1S/C14H11Cl2N5O/c1-20-11(7-10(15)13(20)16)14(22)19-9-3-4-12(17-8-9)21-6-2-5-18-21/h2-8H,1H3,(H,19,22). The summed E-state index contributed by atoms with van der Waals surface area (Å²) in [6.45, 7) is 0. The molecule has 0 aliphatic heterocycles. The van der Waals surface area contributed by atoms with Gasteiger partial charge in [-0.05, 0) is 24.3 Å². The van der Waals surface area contributed by atoms with Gasteiger partial charge in [0.1, 0.15) is 10.8 Å². The first kappa shape index (κ1) is 14.6. The Balaban J connectivity index is 1.78. The van der Waals surface area contributed by atoms with E-state index in [1.54, 1.807) is 48.5 Å². The fourth-order valence-corrected chi connectivity index (χ4v) is 2.33. The van der Waals surface area contributed by atoms with E-state index < -0.39 is 0 Å². The van der Waals surface area contributed by atoms with Gasteiger partial charge in [-0.3, -0.25) is 4.79 Å². The summed E-state index contributed by atoms with van der Waals surface area (Å²) < 4.78 is 3.15. The minimum Gasteiger partial charge on any atom is -0.329 e. The minimum absolute atomic E-state index is 0.315. The predicted octanol–water partition coefficient (Wildman–Crippen LogP) is 3.16. The number of hydrogen-bond donors (Lipinski definition) is 1. The van der Waals surface area contributed by atoms with Gasteiger partial charge in [0.15, 0.2) is 5.82 Å². The van der Waals surface area contributed by atoms with Crippen LogP contribution in [-0.2, 0) is 7.05 Å². The maximum Gasteiger partial charge on any atom is 0.272 e.